The highest BCUT2D eigenvalue weighted by atomic mass is 16.5. The van der Waals surface area contributed by atoms with Crippen LogP contribution in [0.3, 0.4) is 0 Å². The maximum Gasteiger partial charge on any atom is 0.0468 e. The summed E-state index contributed by atoms with van der Waals surface area (Å²) in [7, 11) is 0. The van der Waals surface area contributed by atoms with Crippen LogP contribution in [0.2, 0.25) is 0 Å². The number of hydrogen-bond donors (Lipinski definition) is 1. The Morgan fingerprint density at radius 1 is 1.06 bits per heavy atom. The molecule has 94 valence electrons. The molecule has 2 fully saturated rings. The maximum absolute atomic E-state index is 5.40. The third-order valence-corrected chi connectivity index (χ3v) is 4.26. The molecule has 1 saturated heterocycles. The molecule has 1 saturated carbocycles. The van der Waals surface area contributed by atoms with Gasteiger partial charge in [0, 0.05) is 19.3 Å². The van der Waals surface area contributed by atoms with Gasteiger partial charge in [-0.2, -0.15) is 0 Å². The largest absolute Gasteiger partial charge is 0.381 e. The minimum absolute atomic E-state index is 0.698. The fourth-order valence-electron chi connectivity index (χ4n) is 3.15. The first-order valence-corrected chi connectivity index (χ1v) is 7.15. The molecule has 0 amide bonds. The Morgan fingerprint density at radius 2 is 1.75 bits per heavy atom. The predicted octanol–water partition coefficient (Wildman–Crippen LogP) is 2.97. The molecule has 1 atom stereocenters. The van der Waals surface area contributed by atoms with Crippen molar-refractivity contribution in [3.8, 4) is 0 Å². The first kappa shape index (κ1) is 12.4. The average molecular weight is 225 g/mol. The van der Waals surface area contributed by atoms with Crippen LogP contribution in [0.5, 0.6) is 0 Å². The Kier molecular flexibility index (Phi) is 5.11. The van der Waals surface area contributed by atoms with Crippen molar-refractivity contribution < 1.29 is 4.74 Å². The number of hydrogen-bond acceptors (Lipinski definition) is 2. The molecule has 16 heavy (non-hydrogen) atoms. The Bertz CT molecular complexity index is 183. The van der Waals surface area contributed by atoms with E-state index in [0.717, 1.165) is 25.0 Å². The van der Waals surface area contributed by atoms with Gasteiger partial charge < -0.3 is 10.1 Å². The minimum Gasteiger partial charge on any atom is -0.381 e. The molecule has 2 rings (SSSR count). The lowest BCUT2D eigenvalue weighted by Crippen LogP contribution is -2.33. The van der Waals surface area contributed by atoms with E-state index in [-0.39, 0.29) is 0 Å². The monoisotopic (exact) mass is 225 g/mol. The Balaban J connectivity index is 1.57. The SMILES string of the molecule is CC(CC1CCOCC1)NCC1CCCC1. The number of ether oxygens (including phenoxy) is 1. The lowest BCUT2D eigenvalue weighted by molar-refractivity contribution is 0.0610. The van der Waals surface area contributed by atoms with Crippen molar-refractivity contribution in [2.24, 2.45) is 11.8 Å². The quantitative estimate of drug-likeness (QED) is 0.776. The zero-order valence-corrected chi connectivity index (χ0v) is 10.7. The van der Waals surface area contributed by atoms with Crippen LogP contribution >= 0.6 is 0 Å². The molecule has 1 aliphatic heterocycles. The van der Waals surface area contributed by atoms with Gasteiger partial charge in [0.2, 0.25) is 0 Å². The van der Waals surface area contributed by atoms with Crippen LogP contribution in [0.15, 0.2) is 0 Å². The molecule has 2 heteroatoms. The summed E-state index contributed by atoms with van der Waals surface area (Å²) < 4.78 is 5.40. The Labute approximate surface area is 100 Å². The van der Waals surface area contributed by atoms with Crippen molar-refractivity contribution in [1.29, 1.82) is 0 Å². The van der Waals surface area contributed by atoms with E-state index in [9.17, 15) is 0 Å². The number of nitrogens with one attached hydrogen (secondary N) is 1. The van der Waals surface area contributed by atoms with Gasteiger partial charge in [0.25, 0.3) is 0 Å². The lowest BCUT2D eigenvalue weighted by atomic mass is 9.93. The van der Waals surface area contributed by atoms with Crippen molar-refractivity contribution in [3.05, 3.63) is 0 Å². The molecule has 0 aromatic heterocycles. The van der Waals surface area contributed by atoms with Crippen LogP contribution in [-0.4, -0.2) is 25.8 Å². The minimum atomic E-state index is 0.698. The Morgan fingerprint density at radius 3 is 2.44 bits per heavy atom. The van der Waals surface area contributed by atoms with Gasteiger partial charge in [0.1, 0.15) is 0 Å². The van der Waals surface area contributed by atoms with Gasteiger partial charge in [-0.1, -0.05) is 12.8 Å². The van der Waals surface area contributed by atoms with Crippen molar-refractivity contribution in [1.82, 2.24) is 5.32 Å². The fourth-order valence-corrected chi connectivity index (χ4v) is 3.15. The Hall–Kier alpha value is -0.0800. The van der Waals surface area contributed by atoms with Gasteiger partial charge in [-0.25, -0.2) is 0 Å². The summed E-state index contributed by atoms with van der Waals surface area (Å²) in [6.07, 6.45) is 9.72. The summed E-state index contributed by atoms with van der Waals surface area (Å²) in [5.41, 5.74) is 0. The second-order valence-corrected chi connectivity index (χ2v) is 5.75. The molecule has 2 aliphatic rings. The fraction of sp³-hybridized carbons (Fsp3) is 1.00. The van der Waals surface area contributed by atoms with E-state index in [0.29, 0.717) is 6.04 Å². The molecule has 1 unspecified atom stereocenters. The molecular weight excluding hydrogens is 198 g/mol. The smallest absolute Gasteiger partial charge is 0.0468 e. The standard InChI is InChI=1S/C14H27NO/c1-12(10-13-6-8-16-9-7-13)15-11-14-4-2-3-5-14/h12-15H,2-11H2,1H3. The maximum atomic E-state index is 5.40. The molecule has 0 aromatic carbocycles. The van der Waals surface area contributed by atoms with Crippen LogP contribution in [-0.2, 0) is 4.74 Å². The highest BCUT2D eigenvalue weighted by Crippen LogP contribution is 2.24. The summed E-state index contributed by atoms with van der Waals surface area (Å²) in [4.78, 5) is 0. The first-order chi connectivity index (χ1) is 7.84. The van der Waals surface area contributed by atoms with Crippen LogP contribution < -0.4 is 5.32 Å². The van der Waals surface area contributed by atoms with E-state index in [4.69, 9.17) is 4.74 Å². The van der Waals surface area contributed by atoms with Crippen LogP contribution in [0.4, 0.5) is 0 Å². The van der Waals surface area contributed by atoms with Crippen LogP contribution in [0, 0.1) is 11.8 Å². The van der Waals surface area contributed by atoms with E-state index in [1.54, 1.807) is 0 Å². The molecule has 0 radical (unpaired) electrons. The highest BCUT2D eigenvalue weighted by molar-refractivity contribution is 4.74. The predicted molar refractivity (Wildman–Crippen MR) is 67.6 cm³/mol. The van der Waals surface area contributed by atoms with Crippen molar-refractivity contribution in [3.63, 3.8) is 0 Å². The van der Waals surface area contributed by atoms with Crippen molar-refractivity contribution >= 4 is 0 Å². The van der Waals surface area contributed by atoms with E-state index >= 15 is 0 Å². The first-order valence-electron chi connectivity index (χ1n) is 7.15. The van der Waals surface area contributed by atoms with E-state index in [1.807, 2.05) is 0 Å². The van der Waals surface area contributed by atoms with Gasteiger partial charge in [-0.3, -0.25) is 0 Å². The summed E-state index contributed by atoms with van der Waals surface area (Å²) in [5.74, 6) is 1.87. The van der Waals surface area contributed by atoms with Crippen molar-refractivity contribution in [2.45, 2.75) is 57.9 Å². The molecule has 2 nitrogen and oxygen atoms in total. The van der Waals surface area contributed by atoms with Gasteiger partial charge in [0.05, 0.1) is 0 Å². The molecule has 1 N–H and O–H groups in total. The van der Waals surface area contributed by atoms with E-state index < -0.39 is 0 Å². The third-order valence-electron chi connectivity index (χ3n) is 4.26. The van der Waals surface area contributed by atoms with Crippen LogP contribution in [0.25, 0.3) is 0 Å². The summed E-state index contributed by atoms with van der Waals surface area (Å²) in [6, 6.07) is 0.698. The molecule has 0 aromatic rings. The van der Waals surface area contributed by atoms with Gasteiger partial charge in [-0.15, -0.1) is 0 Å². The zero-order valence-electron chi connectivity index (χ0n) is 10.7. The molecule has 1 aliphatic carbocycles. The molecule has 1 heterocycles. The average Bonchev–Trinajstić information content (AvgIpc) is 2.81. The number of rotatable bonds is 5. The second kappa shape index (κ2) is 6.61. The van der Waals surface area contributed by atoms with E-state index in [1.165, 1.54) is 51.5 Å². The highest BCUT2D eigenvalue weighted by Gasteiger charge is 2.19. The molecular formula is C14H27NO. The van der Waals surface area contributed by atoms with Gasteiger partial charge in [0.15, 0.2) is 0 Å². The zero-order chi connectivity index (χ0) is 11.2. The normalized spacial score (nSPS) is 26.1. The summed E-state index contributed by atoms with van der Waals surface area (Å²) >= 11 is 0. The summed E-state index contributed by atoms with van der Waals surface area (Å²) in [5, 5.41) is 3.73. The molecule has 0 bridgehead atoms. The molecule has 0 spiro atoms. The topological polar surface area (TPSA) is 21.3 Å². The van der Waals surface area contributed by atoms with E-state index in [2.05, 4.69) is 12.2 Å². The second-order valence-electron chi connectivity index (χ2n) is 5.75. The van der Waals surface area contributed by atoms with Crippen molar-refractivity contribution in [2.75, 3.05) is 19.8 Å². The van der Waals surface area contributed by atoms with Gasteiger partial charge >= 0.3 is 0 Å². The third kappa shape index (κ3) is 4.06. The summed E-state index contributed by atoms with van der Waals surface area (Å²) in [6.45, 7) is 5.58. The van der Waals surface area contributed by atoms with Crippen LogP contribution in [0.1, 0.15) is 51.9 Å². The lowest BCUT2D eigenvalue weighted by Gasteiger charge is -2.26. The van der Waals surface area contributed by atoms with Gasteiger partial charge in [-0.05, 0) is 57.4 Å².